The maximum atomic E-state index is 11.9. The van der Waals surface area contributed by atoms with Crippen LogP contribution in [0.3, 0.4) is 0 Å². The molecule has 0 spiro atoms. The predicted octanol–water partition coefficient (Wildman–Crippen LogP) is 3.34. The number of thiazole rings is 1. The van der Waals surface area contributed by atoms with Crippen LogP contribution in [-0.4, -0.2) is 23.3 Å². The Balaban J connectivity index is 1.38. The molecule has 2 aromatic heterocycles. The van der Waals surface area contributed by atoms with Gasteiger partial charge in [0.05, 0.1) is 22.0 Å². The molecule has 126 valence electrons. The van der Waals surface area contributed by atoms with Gasteiger partial charge in [-0.2, -0.15) is 0 Å². The monoisotopic (exact) mass is 369 g/mol. The van der Waals surface area contributed by atoms with Gasteiger partial charge < -0.3 is 10.6 Å². The zero-order valence-corrected chi connectivity index (χ0v) is 14.9. The Kier molecular flexibility index (Phi) is 4.33. The van der Waals surface area contributed by atoms with E-state index in [1.807, 2.05) is 41.1 Å². The number of nitrogens with one attached hydrogen (secondary N) is 2. The Morgan fingerprint density at radius 2 is 2.20 bits per heavy atom. The highest BCUT2D eigenvalue weighted by molar-refractivity contribution is 7.12. The first kappa shape index (κ1) is 16.0. The second-order valence-electron chi connectivity index (χ2n) is 5.71. The molecule has 5 nitrogen and oxygen atoms in total. The lowest BCUT2D eigenvalue weighted by atomic mass is 10.1. The smallest absolute Gasteiger partial charge is 0.261 e. The average Bonchev–Trinajstić information content (AvgIpc) is 3.34. The lowest BCUT2D eigenvalue weighted by molar-refractivity contribution is -0.115. The number of hydrogen-bond acceptors (Lipinski definition) is 5. The molecule has 3 aromatic rings. The number of carbonyl (C=O) groups is 2. The summed E-state index contributed by atoms with van der Waals surface area (Å²) in [5.41, 5.74) is 3.83. The van der Waals surface area contributed by atoms with E-state index in [4.69, 9.17) is 0 Å². The molecule has 0 saturated heterocycles. The Morgan fingerprint density at radius 1 is 1.28 bits per heavy atom. The number of thiophene rings is 1. The van der Waals surface area contributed by atoms with Gasteiger partial charge in [0, 0.05) is 29.6 Å². The third kappa shape index (κ3) is 3.47. The van der Waals surface area contributed by atoms with Crippen molar-refractivity contribution in [3.8, 4) is 11.3 Å². The van der Waals surface area contributed by atoms with Crippen molar-refractivity contribution in [2.75, 3.05) is 11.9 Å². The molecule has 0 aliphatic carbocycles. The number of aromatic nitrogens is 1. The zero-order chi connectivity index (χ0) is 17.2. The van der Waals surface area contributed by atoms with Crippen molar-refractivity contribution in [2.45, 2.75) is 12.8 Å². The first-order chi connectivity index (χ1) is 12.2. The van der Waals surface area contributed by atoms with Gasteiger partial charge in [0.2, 0.25) is 5.91 Å². The molecule has 3 heterocycles. The number of rotatable bonds is 5. The first-order valence-electron chi connectivity index (χ1n) is 7.88. The summed E-state index contributed by atoms with van der Waals surface area (Å²) >= 11 is 3.02. The molecule has 1 aromatic carbocycles. The van der Waals surface area contributed by atoms with Gasteiger partial charge in [-0.1, -0.05) is 12.1 Å². The molecular formula is C18H15N3O2S2. The van der Waals surface area contributed by atoms with E-state index in [0.29, 0.717) is 19.4 Å². The third-order valence-corrected chi connectivity index (χ3v) is 5.72. The molecule has 2 N–H and O–H groups in total. The van der Waals surface area contributed by atoms with E-state index >= 15 is 0 Å². The summed E-state index contributed by atoms with van der Waals surface area (Å²) in [6, 6.07) is 9.60. The fourth-order valence-corrected chi connectivity index (χ4v) is 4.17. The first-order valence-corrected chi connectivity index (χ1v) is 9.64. The van der Waals surface area contributed by atoms with Crippen LogP contribution < -0.4 is 10.6 Å². The fourth-order valence-electron chi connectivity index (χ4n) is 2.72. The second-order valence-corrected chi connectivity index (χ2v) is 7.60. The lowest BCUT2D eigenvalue weighted by Crippen LogP contribution is -2.24. The molecule has 7 heteroatoms. The van der Waals surface area contributed by atoms with E-state index in [2.05, 4.69) is 15.6 Å². The maximum Gasteiger partial charge on any atom is 0.261 e. The van der Waals surface area contributed by atoms with Crippen LogP contribution in [0.5, 0.6) is 0 Å². The van der Waals surface area contributed by atoms with E-state index in [-0.39, 0.29) is 11.8 Å². The van der Waals surface area contributed by atoms with Crippen molar-refractivity contribution < 1.29 is 9.59 Å². The molecular weight excluding hydrogens is 354 g/mol. The van der Waals surface area contributed by atoms with Crippen molar-refractivity contribution in [3.05, 3.63) is 56.5 Å². The van der Waals surface area contributed by atoms with Gasteiger partial charge in [-0.15, -0.1) is 22.7 Å². The van der Waals surface area contributed by atoms with E-state index < -0.39 is 0 Å². The van der Waals surface area contributed by atoms with Gasteiger partial charge >= 0.3 is 0 Å². The second kappa shape index (κ2) is 6.78. The van der Waals surface area contributed by atoms with Gasteiger partial charge in [-0.25, -0.2) is 4.98 Å². The average molecular weight is 369 g/mol. The molecule has 0 fully saturated rings. The van der Waals surface area contributed by atoms with Crippen LogP contribution in [0.4, 0.5) is 5.69 Å². The SMILES string of the molecule is O=C1Cc2cc(-c3csc(CCNC(=O)c4cccs4)n3)ccc2N1. The van der Waals surface area contributed by atoms with Crippen LogP contribution in [0.1, 0.15) is 20.2 Å². The topological polar surface area (TPSA) is 71.1 Å². The number of amides is 2. The Bertz CT molecular complexity index is 932. The Hall–Kier alpha value is -2.51. The van der Waals surface area contributed by atoms with Crippen LogP contribution in [0.2, 0.25) is 0 Å². The lowest BCUT2D eigenvalue weighted by Gasteiger charge is -2.02. The quantitative estimate of drug-likeness (QED) is 0.725. The van der Waals surface area contributed by atoms with Gasteiger partial charge in [-0.05, 0) is 29.1 Å². The zero-order valence-electron chi connectivity index (χ0n) is 13.2. The Morgan fingerprint density at radius 3 is 3.04 bits per heavy atom. The van der Waals surface area contributed by atoms with Crippen molar-refractivity contribution in [1.82, 2.24) is 10.3 Å². The highest BCUT2D eigenvalue weighted by Crippen LogP contribution is 2.29. The summed E-state index contributed by atoms with van der Waals surface area (Å²) in [5, 5.41) is 10.6. The number of hydrogen-bond donors (Lipinski definition) is 2. The highest BCUT2D eigenvalue weighted by Gasteiger charge is 2.18. The fraction of sp³-hybridized carbons (Fsp3) is 0.167. The molecule has 4 rings (SSSR count). The minimum atomic E-state index is -0.0393. The van der Waals surface area contributed by atoms with Crippen LogP contribution in [0.15, 0.2) is 41.1 Å². The van der Waals surface area contributed by atoms with Crippen molar-refractivity contribution in [3.63, 3.8) is 0 Å². The third-order valence-electron chi connectivity index (χ3n) is 3.95. The summed E-state index contributed by atoms with van der Waals surface area (Å²) in [4.78, 5) is 28.7. The molecule has 1 aliphatic heterocycles. The molecule has 25 heavy (non-hydrogen) atoms. The summed E-state index contributed by atoms with van der Waals surface area (Å²) in [7, 11) is 0. The van der Waals surface area contributed by atoms with Crippen LogP contribution in [-0.2, 0) is 17.6 Å². The van der Waals surface area contributed by atoms with E-state index in [1.54, 1.807) is 11.3 Å². The molecule has 2 amide bonds. The minimum absolute atomic E-state index is 0.0348. The van der Waals surface area contributed by atoms with Gasteiger partial charge in [0.1, 0.15) is 0 Å². The minimum Gasteiger partial charge on any atom is -0.351 e. The summed E-state index contributed by atoms with van der Waals surface area (Å²) in [6.45, 7) is 0.562. The van der Waals surface area contributed by atoms with Crippen LogP contribution >= 0.6 is 22.7 Å². The Labute approximate surface area is 152 Å². The van der Waals surface area contributed by atoms with E-state index in [0.717, 1.165) is 32.4 Å². The highest BCUT2D eigenvalue weighted by atomic mass is 32.1. The number of fused-ring (bicyclic) bond motifs is 1. The number of benzene rings is 1. The van der Waals surface area contributed by atoms with Crippen LogP contribution in [0.25, 0.3) is 11.3 Å². The number of carbonyl (C=O) groups excluding carboxylic acids is 2. The van der Waals surface area contributed by atoms with Crippen LogP contribution in [0, 0.1) is 0 Å². The molecule has 0 saturated carbocycles. The van der Waals surface area contributed by atoms with Crippen molar-refractivity contribution in [1.29, 1.82) is 0 Å². The molecule has 0 bridgehead atoms. The predicted molar refractivity (Wildman–Crippen MR) is 100 cm³/mol. The van der Waals surface area contributed by atoms with Gasteiger partial charge in [0.15, 0.2) is 0 Å². The molecule has 0 unspecified atom stereocenters. The van der Waals surface area contributed by atoms with E-state index in [1.165, 1.54) is 11.3 Å². The number of anilines is 1. The molecule has 1 aliphatic rings. The van der Waals surface area contributed by atoms with Crippen molar-refractivity contribution in [2.24, 2.45) is 0 Å². The normalized spacial score (nSPS) is 12.7. The summed E-state index contributed by atoms with van der Waals surface area (Å²) in [6.07, 6.45) is 1.13. The maximum absolute atomic E-state index is 11.9. The summed E-state index contributed by atoms with van der Waals surface area (Å²) < 4.78 is 0. The molecule has 0 atom stereocenters. The van der Waals surface area contributed by atoms with Gasteiger partial charge in [0.25, 0.3) is 5.91 Å². The number of nitrogens with zero attached hydrogens (tertiary/aromatic N) is 1. The standard InChI is InChI=1S/C18H15N3O2S2/c22-16-9-12-8-11(3-4-13(12)20-16)14-10-25-17(21-14)5-6-19-18(23)15-2-1-7-24-15/h1-4,7-8,10H,5-6,9H2,(H,19,23)(H,20,22). The van der Waals surface area contributed by atoms with Gasteiger partial charge in [-0.3, -0.25) is 9.59 Å². The summed E-state index contributed by atoms with van der Waals surface area (Å²) in [5.74, 6) is -0.00447. The van der Waals surface area contributed by atoms with E-state index in [9.17, 15) is 9.59 Å². The van der Waals surface area contributed by atoms with Crippen molar-refractivity contribution >= 4 is 40.2 Å². The largest absolute Gasteiger partial charge is 0.351 e. The molecule has 0 radical (unpaired) electrons.